The summed E-state index contributed by atoms with van der Waals surface area (Å²) in [5.41, 5.74) is 1.29. The topological polar surface area (TPSA) is 74.8 Å². The molecule has 7 heteroatoms. The third kappa shape index (κ3) is 5.51. The largest absolute Gasteiger partial charge is 0.325 e. The Bertz CT molecular complexity index is 731. The summed E-state index contributed by atoms with van der Waals surface area (Å²) in [4.78, 5) is 30.9. The Morgan fingerprint density at radius 3 is 2.74 bits per heavy atom. The van der Waals surface area contributed by atoms with Crippen LogP contribution in [0.1, 0.15) is 26.0 Å². The lowest BCUT2D eigenvalue weighted by Crippen LogP contribution is -2.23. The van der Waals surface area contributed by atoms with Crippen molar-refractivity contribution in [3.8, 4) is 0 Å². The number of H-pyrrole nitrogens is 1. The van der Waals surface area contributed by atoms with E-state index >= 15 is 0 Å². The van der Waals surface area contributed by atoms with Crippen LogP contribution >= 0.6 is 27.7 Å². The van der Waals surface area contributed by atoms with Crippen molar-refractivity contribution in [2.45, 2.75) is 37.1 Å². The van der Waals surface area contributed by atoms with Crippen LogP contribution in [0.3, 0.4) is 0 Å². The molecule has 0 spiro atoms. The third-order valence-electron chi connectivity index (χ3n) is 3.05. The predicted molar refractivity (Wildman–Crippen MR) is 96.9 cm³/mol. The van der Waals surface area contributed by atoms with E-state index in [4.69, 9.17) is 0 Å². The van der Waals surface area contributed by atoms with Gasteiger partial charge in [0.25, 0.3) is 5.56 Å². The predicted octanol–water partition coefficient (Wildman–Crippen LogP) is 3.60. The van der Waals surface area contributed by atoms with E-state index in [1.54, 1.807) is 6.92 Å². The van der Waals surface area contributed by atoms with Gasteiger partial charge in [0, 0.05) is 21.9 Å². The summed E-state index contributed by atoms with van der Waals surface area (Å²) in [7, 11) is 0. The fraction of sp³-hybridized carbons (Fsp3) is 0.312. The summed E-state index contributed by atoms with van der Waals surface area (Å²) in [6.45, 7) is 3.81. The Kier molecular flexibility index (Phi) is 6.41. The lowest BCUT2D eigenvalue weighted by Gasteiger charge is -2.12. The first-order chi connectivity index (χ1) is 11.0. The molecule has 1 aromatic carbocycles. The highest BCUT2D eigenvalue weighted by Gasteiger charge is 2.16. The van der Waals surface area contributed by atoms with Crippen molar-refractivity contribution < 1.29 is 4.79 Å². The molecule has 122 valence electrons. The van der Waals surface area contributed by atoms with Crippen LogP contribution in [0.15, 0.2) is 44.8 Å². The summed E-state index contributed by atoms with van der Waals surface area (Å²) in [5.74, 6) is -0.138. The molecule has 0 aliphatic carbocycles. The number of benzene rings is 1. The number of hydrogen-bond acceptors (Lipinski definition) is 4. The number of nitrogens with zero attached hydrogens (tertiary/aromatic N) is 1. The number of thioether (sulfide) groups is 1. The van der Waals surface area contributed by atoms with Gasteiger partial charge in [0.1, 0.15) is 0 Å². The molecule has 1 atom stereocenters. The fourth-order valence-electron chi connectivity index (χ4n) is 1.92. The zero-order valence-corrected chi connectivity index (χ0v) is 15.3. The molecular weight excluding hydrogens is 378 g/mol. The van der Waals surface area contributed by atoms with Crippen LogP contribution in [0.2, 0.25) is 0 Å². The van der Waals surface area contributed by atoms with Gasteiger partial charge in [0.2, 0.25) is 5.91 Å². The smallest absolute Gasteiger partial charge is 0.251 e. The van der Waals surface area contributed by atoms with Gasteiger partial charge >= 0.3 is 0 Å². The molecule has 0 aliphatic heterocycles. The quantitative estimate of drug-likeness (QED) is 0.578. The van der Waals surface area contributed by atoms with Gasteiger partial charge in [0.05, 0.1) is 5.25 Å². The van der Waals surface area contributed by atoms with Crippen LogP contribution in [0.4, 0.5) is 5.69 Å². The number of anilines is 1. The van der Waals surface area contributed by atoms with Gasteiger partial charge in [-0.2, -0.15) is 0 Å². The minimum atomic E-state index is -0.376. The number of aromatic nitrogens is 2. The van der Waals surface area contributed by atoms with Gasteiger partial charge in [0.15, 0.2) is 5.16 Å². The molecular formula is C16H18BrN3O2S. The standard InChI is InChI=1S/C16H18BrN3O2S/c1-3-4-13-9-14(21)20-16(19-13)23-10(2)15(22)18-12-7-5-11(17)6-8-12/h5-10H,3-4H2,1-2H3,(H,18,22)(H,19,20,21)/t10-/m1/s1. The van der Waals surface area contributed by atoms with Crippen molar-refractivity contribution >= 4 is 39.3 Å². The average Bonchev–Trinajstić information content (AvgIpc) is 2.49. The van der Waals surface area contributed by atoms with Gasteiger partial charge in [-0.1, -0.05) is 41.0 Å². The van der Waals surface area contributed by atoms with E-state index in [0.29, 0.717) is 5.16 Å². The molecule has 2 N–H and O–H groups in total. The third-order valence-corrected chi connectivity index (χ3v) is 4.56. The van der Waals surface area contributed by atoms with E-state index in [0.717, 1.165) is 28.7 Å². The second-order valence-corrected chi connectivity index (χ2v) is 7.29. The van der Waals surface area contributed by atoms with Gasteiger partial charge in [-0.05, 0) is 37.6 Å². The number of aryl methyl sites for hydroxylation is 1. The van der Waals surface area contributed by atoms with Crippen LogP contribution in [-0.2, 0) is 11.2 Å². The molecule has 1 amide bonds. The van der Waals surface area contributed by atoms with Crippen molar-refractivity contribution in [3.63, 3.8) is 0 Å². The van der Waals surface area contributed by atoms with Gasteiger partial charge < -0.3 is 10.3 Å². The number of hydrogen-bond donors (Lipinski definition) is 2. The monoisotopic (exact) mass is 395 g/mol. The average molecular weight is 396 g/mol. The molecule has 0 saturated carbocycles. The van der Waals surface area contributed by atoms with E-state index in [1.165, 1.54) is 17.8 Å². The van der Waals surface area contributed by atoms with E-state index in [9.17, 15) is 9.59 Å². The maximum atomic E-state index is 12.2. The van der Waals surface area contributed by atoms with Gasteiger partial charge in [-0.3, -0.25) is 9.59 Å². The SMILES string of the molecule is CCCc1cc(=O)[nH]c(S[C@H](C)C(=O)Nc2ccc(Br)cc2)n1. The highest BCUT2D eigenvalue weighted by molar-refractivity contribution is 9.10. The first kappa shape index (κ1) is 17.7. The number of nitrogens with one attached hydrogen (secondary N) is 2. The summed E-state index contributed by atoms with van der Waals surface area (Å²) in [5, 5.41) is 2.94. The lowest BCUT2D eigenvalue weighted by molar-refractivity contribution is -0.115. The van der Waals surface area contributed by atoms with Crippen LogP contribution in [-0.4, -0.2) is 21.1 Å². The normalized spacial score (nSPS) is 12.0. The highest BCUT2D eigenvalue weighted by Crippen LogP contribution is 2.21. The Morgan fingerprint density at radius 1 is 1.39 bits per heavy atom. The number of aromatic amines is 1. The first-order valence-electron chi connectivity index (χ1n) is 7.31. The Balaban J connectivity index is 2.03. The Labute approximate surface area is 147 Å². The molecule has 0 bridgehead atoms. The lowest BCUT2D eigenvalue weighted by atomic mass is 10.2. The molecule has 1 aromatic heterocycles. The van der Waals surface area contributed by atoms with Gasteiger partial charge in [-0.15, -0.1) is 0 Å². The van der Waals surface area contributed by atoms with Crippen LogP contribution in [0.5, 0.6) is 0 Å². The van der Waals surface area contributed by atoms with Gasteiger partial charge in [-0.25, -0.2) is 4.98 Å². The Hall–Kier alpha value is -1.60. The zero-order valence-electron chi connectivity index (χ0n) is 12.9. The van der Waals surface area contributed by atoms with E-state index in [2.05, 4.69) is 31.2 Å². The first-order valence-corrected chi connectivity index (χ1v) is 8.98. The van der Waals surface area contributed by atoms with Crippen molar-refractivity contribution in [2.24, 2.45) is 0 Å². The summed E-state index contributed by atoms with van der Waals surface area (Å²) in [6, 6.07) is 8.87. The molecule has 0 unspecified atom stereocenters. The summed E-state index contributed by atoms with van der Waals surface area (Å²) in [6.07, 6.45) is 1.66. The molecule has 23 heavy (non-hydrogen) atoms. The molecule has 2 rings (SSSR count). The second kappa shape index (κ2) is 8.31. The van der Waals surface area contributed by atoms with E-state index in [1.807, 2.05) is 31.2 Å². The zero-order chi connectivity index (χ0) is 16.8. The number of rotatable bonds is 6. The molecule has 0 saturated heterocycles. The van der Waals surface area contributed by atoms with Crippen molar-refractivity contribution in [3.05, 3.63) is 50.9 Å². The molecule has 0 radical (unpaired) electrons. The van der Waals surface area contributed by atoms with E-state index in [-0.39, 0.29) is 16.7 Å². The minimum Gasteiger partial charge on any atom is -0.325 e. The maximum Gasteiger partial charge on any atom is 0.251 e. The summed E-state index contributed by atoms with van der Waals surface area (Å²) < 4.78 is 0.951. The fourth-order valence-corrected chi connectivity index (χ4v) is 3.02. The molecule has 0 aliphatic rings. The molecule has 2 aromatic rings. The number of carbonyl (C=O) groups excluding carboxylic acids is 1. The van der Waals surface area contributed by atoms with Crippen molar-refractivity contribution in [1.29, 1.82) is 0 Å². The molecule has 0 fully saturated rings. The molecule has 1 heterocycles. The highest BCUT2D eigenvalue weighted by atomic mass is 79.9. The van der Waals surface area contributed by atoms with Crippen LogP contribution in [0.25, 0.3) is 0 Å². The second-order valence-electron chi connectivity index (χ2n) is 5.05. The van der Waals surface area contributed by atoms with Crippen molar-refractivity contribution in [1.82, 2.24) is 9.97 Å². The maximum absolute atomic E-state index is 12.2. The number of carbonyl (C=O) groups is 1. The van der Waals surface area contributed by atoms with Crippen LogP contribution in [0, 0.1) is 0 Å². The van der Waals surface area contributed by atoms with Crippen molar-refractivity contribution in [2.75, 3.05) is 5.32 Å². The molecule has 5 nitrogen and oxygen atoms in total. The van der Waals surface area contributed by atoms with E-state index < -0.39 is 0 Å². The Morgan fingerprint density at radius 2 is 2.09 bits per heavy atom. The number of amides is 1. The van der Waals surface area contributed by atoms with Crippen LogP contribution < -0.4 is 10.9 Å². The number of halogens is 1. The summed E-state index contributed by atoms with van der Waals surface area (Å²) >= 11 is 4.59. The minimum absolute atomic E-state index is 0.138.